The standard InChI is InChI=1S/C27H22ClN5O4/c28-20-12-22-21(30-27(31-22)37-24-13-36-23-9-10-35-25(23)24)11-19(20)17-3-1-15(2-4-17)16-5-7-18(8-6-16)33-14-29-26(34)32-33/h1-8,11-12,14,23-25H,9-10,13H2,(H,30,31)(H,32,34)/t23-,24?,25+/m1/s1. The van der Waals surface area contributed by atoms with Crippen molar-refractivity contribution in [2.45, 2.75) is 24.7 Å². The first-order valence-electron chi connectivity index (χ1n) is 12.0. The monoisotopic (exact) mass is 515 g/mol. The van der Waals surface area contributed by atoms with E-state index in [1.165, 1.54) is 6.33 Å². The van der Waals surface area contributed by atoms with Crippen LogP contribution in [0.4, 0.5) is 0 Å². The van der Waals surface area contributed by atoms with E-state index in [1.807, 2.05) is 48.5 Å². The second-order valence-corrected chi connectivity index (χ2v) is 9.61. The molecule has 2 N–H and O–H groups in total. The van der Waals surface area contributed by atoms with Gasteiger partial charge in [-0.05, 0) is 47.4 Å². The summed E-state index contributed by atoms with van der Waals surface area (Å²) in [4.78, 5) is 22.8. The fourth-order valence-electron chi connectivity index (χ4n) is 5.02. The maximum atomic E-state index is 11.3. The van der Waals surface area contributed by atoms with Gasteiger partial charge in [0, 0.05) is 12.2 Å². The number of hydrogen-bond acceptors (Lipinski definition) is 6. The van der Waals surface area contributed by atoms with Crippen molar-refractivity contribution in [2.75, 3.05) is 13.2 Å². The summed E-state index contributed by atoms with van der Waals surface area (Å²) in [5.41, 5.74) is 6.02. The number of aromatic amines is 2. The third-order valence-electron chi connectivity index (χ3n) is 6.91. The van der Waals surface area contributed by atoms with Crippen molar-refractivity contribution in [3.63, 3.8) is 0 Å². The van der Waals surface area contributed by atoms with Crippen LogP contribution < -0.4 is 10.4 Å². The first-order valence-corrected chi connectivity index (χ1v) is 12.4. The van der Waals surface area contributed by atoms with Gasteiger partial charge in [-0.1, -0.05) is 48.0 Å². The van der Waals surface area contributed by atoms with Crippen LogP contribution in [0.15, 0.2) is 71.8 Å². The molecule has 2 aliphatic heterocycles. The van der Waals surface area contributed by atoms with E-state index in [2.05, 4.69) is 32.2 Å². The van der Waals surface area contributed by atoms with Crippen molar-refractivity contribution in [3.8, 4) is 34.0 Å². The fraction of sp³-hybridized carbons (Fsp3) is 0.222. The molecule has 186 valence electrons. The minimum atomic E-state index is -0.379. The number of hydrogen-bond donors (Lipinski definition) is 2. The second-order valence-electron chi connectivity index (χ2n) is 9.20. The SMILES string of the molecule is O=c1ncn(-c2ccc(-c3ccc(-c4cc5nc(OC6CO[C@@H]7CCO[C@H]67)[nH]c5cc4Cl)cc3)cc2)[nH]1. The van der Waals surface area contributed by atoms with Gasteiger partial charge in [-0.15, -0.1) is 0 Å². The zero-order valence-electron chi connectivity index (χ0n) is 19.6. The summed E-state index contributed by atoms with van der Waals surface area (Å²) in [6, 6.07) is 20.3. The molecule has 7 rings (SSSR count). The number of nitrogens with one attached hydrogen (secondary N) is 2. The van der Waals surface area contributed by atoms with Crippen LogP contribution in [-0.2, 0) is 9.47 Å². The van der Waals surface area contributed by atoms with Gasteiger partial charge in [0.05, 0.1) is 34.5 Å². The van der Waals surface area contributed by atoms with Crippen molar-refractivity contribution < 1.29 is 14.2 Å². The van der Waals surface area contributed by atoms with E-state index in [9.17, 15) is 4.79 Å². The summed E-state index contributed by atoms with van der Waals surface area (Å²) in [5, 5.41) is 3.26. The van der Waals surface area contributed by atoms with Crippen LogP contribution in [0, 0.1) is 0 Å². The molecule has 3 aromatic carbocycles. The van der Waals surface area contributed by atoms with Crippen molar-refractivity contribution in [1.82, 2.24) is 24.7 Å². The van der Waals surface area contributed by atoms with Crippen LogP contribution in [0.25, 0.3) is 39.0 Å². The Labute approximate surface area is 216 Å². The lowest BCUT2D eigenvalue weighted by Gasteiger charge is -2.15. The zero-order valence-corrected chi connectivity index (χ0v) is 20.3. The number of aromatic nitrogens is 5. The highest BCUT2D eigenvalue weighted by Gasteiger charge is 2.43. The molecular formula is C27H22ClN5O4. The van der Waals surface area contributed by atoms with E-state index in [1.54, 1.807) is 4.68 Å². The Bertz CT molecular complexity index is 1640. The van der Waals surface area contributed by atoms with Gasteiger partial charge < -0.3 is 19.2 Å². The van der Waals surface area contributed by atoms with E-state index in [4.69, 9.17) is 25.8 Å². The Morgan fingerprint density at radius 2 is 1.76 bits per heavy atom. The first-order chi connectivity index (χ1) is 18.1. The molecule has 0 amide bonds. The highest BCUT2D eigenvalue weighted by Crippen LogP contribution is 2.35. The summed E-state index contributed by atoms with van der Waals surface area (Å²) >= 11 is 6.66. The number of benzene rings is 3. The van der Waals surface area contributed by atoms with Gasteiger partial charge >= 0.3 is 5.69 Å². The highest BCUT2D eigenvalue weighted by atomic mass is 35.5. The topological polar surface area (TPSA) is 107 Å². The van der Waals surface area contributed by atoms with Crippen LogP contribution >= 0.6 is 11.6 Å². The normalized spacial score (nSPS) is 20.9. The van der Waals surface area contributed by atoms with Gasteiger partial charge in [-0.2, -0.15) is 9.97 Å². The number of halogens is 1. The molecule has 2 aromatic heterocycles. The van der Waals surface area contributed by atoms with Crippen LogP contribution in [0.3, 0.4) is 0 Å². The Morgan fingerprint density at radius 3 is 2.51 bits per heavy atom. The van der Waals surface area contributed by atoms with E-state index in [0.29, 0.717) is 24.2 Å². The van der Waals surface area contributed by atoms with Crippen LogP contribution in [0.2, 0.25) is 5.02 Å². The molecule has 1 unspecified atom stereocenters. The third-order valence-corrected chi connectivity index (χ3v) is 7.23. The number of fused-ring (bicyclic) bond motifs is 2. The fourth-order valence-corrected chi connectivity index (χ4v) is 5.29. The van der Waals surface area contributed by atoms with E-state index in [-0.39, 0.29) is 24.0 Å². The summed E-state index contributed by atoms with van der Waals surface area (Å²) in [5.74, 6) is 0. The number of imidazole rings is 1. The molecule has 0 radical (unpaired) electrons. The van der Waals surface area contributed by atoms with Crippen LogP contribution in [0.5, 0.6) is 6.01 Å². The molecule has 2 saturated heterocycles. The van der Waals surface area contributed by atoms with Gasteiger partial charge in [0.25, 0.3) is 6.01 Å². The molecule has 0 spiro atoms. The van der Waals surface area contributed by atoms with Crippen molar-refractivity contribution >= 4 is 22.6 Å². The van der Waals surface area contributed by atoms with Gasteiger partial charge in [0.15, 0.2) is 6.10 Å². The van der Waals surface area contributed by atoms with Crippen molar-refractivity contribution in [3.05, 3.63) is 82.5 Å². The smallest absolute Gasteiger partial charge is 0.361 e. The molecule has 10 heteroatoms. The molecule has 4 heterocycles. The minimum Gasteiger partial charge on any atom is -0.456 e. The molecule has 0 saturated carbocycles. The quantitative estimate of drug-likeness (QED) is 0.360. The number of H-pyrrole nitrogens is 2. The highest BCUT2D eigenvalue weighted by molar-refractivity contribution is 6.34. The molecule has 0 aliphatic carbocycles. The Balaban J connectivity index is 1.12. The largest absolute Gasteiger partial charge is 0.456 e. The van der Waals surface area contributed by atoms with Gasteiger partial charge in [0.1, 0.15) is 12.4 Å². The van der Waals surface area contributed by atoms with Crippen LogP contribution in [-0.4, -0.2) is 56.3 Å². The summed E-state index contributed by atoms with van der Waals surface area (Å²) in [7, 11) is 0. The number of ether oxygens (including phenoxy) is 3. The van der Waals surface area contributed by atoms with E-state index < -0.39 is 0 Å². The summed E-state index contributed by atoms with van der Waals surface area (Å²) in [6.45, 7) is 1.20. The molecular weight excluding hydrogens is 494 g/mol. The zero-order chi connectivity index (χ0) is 24.9. The summed E-state index contributed by atoms with van der Waals surface area (Å²) in [6.07, 6.45) is 2.26. The third kappa shape index (κ3) is 4.11. The summed E-state index contributed by atoms with van der Waals surface area (Å²) < 4.78 is 19.2. The molecule has 2 aliphatic rings. The predicted octanol–water partition coefficient (Wildman–Crippen LogP) is 4.36. The van der Waals surface area contributed by atoms with Gasteiger partial charge in [0.2, 0.25) is 0 Å². The van der Waals surface area contributed by atoms with Crippen molar-refractivity contribution in [1.29, 1.82) is 0 Å². The average Bonchev–Trinajstić information content (AvgIpc) is 3.70. The number of rotatable bonds is 5. The Kier molecular flexibility index (Phi) is 5.35. The first kappa shape index (κ1) is 22.3. The maximum absolute atomic E-state index is 11.3. The molecule has 2 fully saturated rings. The second kappa shape index (κ2) is 8.88. The van der Waals surface area contributed by atoms with Gasteiger partial charge in [-0.3, -0.25) is 0 Å². The average molecular weight is 516 g/mol. The molecule has 37 heavy (non-hydrogen) atoms. The van der Waals surface area contributed by atoms with Crippen molar-refractivity contribution in [2.24, 2.45) is 0 Å². The maximum Gasteiger partial charge on any atom is 0.361 e. The molecule has 9 nitrogen and oxygen atoms in total. The molecule has 5 aromatic rings. The Hall–Kier alpha value is -3.92. The lowest BCUT2D eigenvalue weighted by Crippen LogP contribution is -2.32. The molecule has 3 atom stereocenters. The number of nitrogens with zero attached hydrogens (tertiary/aromatic N) is 3. The van der Waals surface area contributed by atoms with E-state index >= 15 is 0 Å². The molecule has 0 bridgehead atoms. The minimum absolute atomic E-state index is 0.0444. The van der Waals surface area contributed by atoms with E-state index in [0.717, 1.165) is 45.4 Å². The van der Waals surface area contributed by atoms with Crippen LogP contribution in [0.1, 0.15) is 6.42 Å². The predicted molar refractivity (Wildman–Crippen MR) is 138 cm³/mol. The lowest BCUT2D eigenvalue weighted by molar-refractivity contribution is 0.0273. The Morgan fingerprint density at radius 1 is 1.00 bits per heavy atom. The van der Waals surface area contributed by atoms with Gasteiger partial charge in [-0.25, -0.2) is 14.6 Å². The lowest BCUT2D eigenvalue weighted by atomic mass is 10.00.